The SMILES string of the molecule is CCCC[C@H](C)c1cncc2ccccc12. The monoisotopic (exact) mass is 213 g/mol. The number of aromatic nitrogens is 1. The van der Waals surface area contributed by atoms with Gasteiger partial charge in [-0.05, 0) is 23.3 Å². The van der Waals surface area contributed by atoms with Crippen LogP contribution in [0.25, 0.3) is 10.8 Å². The Hall–Kier alpha value is -1.37. The summed E-state index contributed by atoms with van der Waals surface area (Å²) in [6.45, 7) is 4.55. The van der Waals surface area contributed by atoms with Crippen LogP contribution in [0.1, 0.15) is 44.6 Å². The zero-order valence-electron chi connectivity index (χ0n) is 10.1. The maximum Gasteiger partial charge on any atom is 0.0346 e. The molecule has 1 atom stereocenters. The highest BCUT2D eigenvalue weighted by Gasteiger charge is 2.08. The molecule has 0 radical (unpaired) electrons. The van der Waals surface area contributed by atoms with Crippen molar-refractivity contribution in [3.63, 3.8) is 0 Å². The van der Waals surface area contributed by atoms with Crippen LogP contribution in [0.4, 0.5) is 0 Å². The topological polar surface area (TPSA) is 12.9 Å². The van der Waals surface area contributed by atoms with E-state index in [9.17, 15) is 0 Å². The molecule has 1 aromatic heterocycles. The molecule has 16 heavy (non-hydrogen) atoms. The Morgan fingerprint density at radius 2 is 2.00 bits per heavy atom. The summed E-state index contributed by atoms with van der Waals surface area (Å²) in [4.78, 5) is 4.34. The highest BCUT2D eigenvalue weighted by atomic mass is 14.6. The predicted molar refractivity (Wildman–Crippen MR) is 69.7 cm³/mol. The number of fused-ring (bicyclic) bond motifs is 1. The summed E-state index contributed by atoms with van der Waals surface area (Å²) in [6.07, 6.45) is 7.80. The Morgan fingerprint density at radius 3 is 2.81 bits per heavy atom. The fourth-order valence-electron chi connectivity index (χ4n) is 2.20. The molecule has 1 heterocycles. The number of hydrogen-bond donors (Lipinski definition) is 0. The molecule has 0 unspecified atom stereocenters. The summed E-state index contributed by atoms with van der Waals surface area (Å²) < 4.78 is 0. The van der Waals surface area contributed by atoms with Crippen molar-refractivity contribution in [2.75, 3.05) is 0 Å². The molecule has 1 nitrogen and oxygen atoms in total. The van der Waals surface area contributed by atoms with Crippen LogP contribution in [0.5, 0.6) is 0 Å². The van der Waals surface area contributed by atoms with Gasteiger partial charge in [-0.25, -0.2) is 0 Å². The molecule has 0 amide bonds. The fourth-order valence-corrected chi connectivity index (χ4v) is 2.20. The van der Waals surface area contributed by atoms with Gasteiger partial charge in [0, 0.05) is 17.8 Å². The van der Waals surface area contributed by atoms with Crippen LogP contribution in [-0.4, -0.2) is 4.98 Å². The largest absolute Gasteiger partial charge is 0.264 e. The third-order valence-electron chi connectivity index (χ3n) is 3.22. The molecule has 0 fully saturated rings. The number of pyridine rings is 1. The first kappa shape index (κ1) is 11.1. The highest BCUT2D eigenvalue weighted by Crippen LogP contribution is 2.27. The molecule has 0 N–H and O–H groups in total. The van der Waals surface area contributed by atoms with Gasteiger partial charge in [-0.15, -0.1) is 0 Å². The lowest BCUT2D eigenvalue weighted by atomic mass is 9.93. The standard InChI is InChI=1S/C15H19N/c1-3-4-7-12(2)15-11-16-10-13-8-5-6-9-14(13)15/h5-6,8-12H,3-4,7H2,1-2H3/t12-/m0/s1. The van der Waals surface area contributed by atoms with E-state index < -0.39 is 0 Å². The molecule has 1 heteroatoms. The minimum absolute atomic E-state index is 0.610. The summed E-state index contributed by atoms with van der Waals surface area (Å²) in [7, 11) is 0. The summed E-state index contributed by atoms with van der Waals surface area (Å²) in [5, 5.41) is 2.62. The second-order valence-corrected chi connectivity index (χ2v) is 4.49. The summed E-state index contributed by atoms with van der Waals surface area (Å²) in [6, 6.07) is 8.52. The van der Waals surface area contributed by atoms with Gasteiger partial charge in [0.2, 0.25) is 0 Å². The first-order chi connectivity index (χ1) is 7.83. The maximum atomic E-state index is 4.34. The van der Waals surface area contributed by atoms with Gasteiger partial charge in [0.05, 0.1) is 0 Å². The van der Waals surface area contributed by atoms with Gasteiger partial charge in [0.1, 0.15) is 0 Å². The van der Waals surface area contributed by atoms with Crippen LogP contribution in [0, 0.1) is 0 Å². The van der Waals surface area contributed by atoms with Crippen LogP contribution in [0.15, 0.2) is 36.7 Å². The van der Waals surface area contributed by atoms with Crippen LogP contribution < -0.4 is 0 Å². The van der Waals surface area contributed by atoms with Crippen LogP contribution >= 0.6 is 0 Å². The van der Waals surface area contributed by atoms with Crippen molar-refractivity contribution in [3.8, 4) is 0 Å². The molecular formula is C15H19N. The zero-order valence-corrected chi connectivity index (χ0v) is 10.1. The highest BCUT2D eigenvalue weighted by molar-refractivity contribution is 5.85. The number of nitrogens with zero attached hydrogens (tertiary/aromatic N) is 1. The molecule has 2 rings (SSSR count). The first-order valence-electron chi connectivity index (χ1n) is 6.15. The number of benzene rings is 1. The molecule has 0 spiro atoms. The second-order valence-electron chi connectivity index (χ2n) is 4.49. The Kier molecular flexibility index (Phi) is 3.55. The number of unbranched alkanes of at least 4 members (excludes halogenated alkanes) is 1. The zero-order chi connectivity index (χ0) is 11.4. The van der Waals surface area contributed by atoms with Crippen molar-refractivity contribution >= 4 is 10.8 Å². The molecule has 2 aromatic rings. The molecule has 0 saturated carbocycles. The second kappa shape index (κ2) is 5.11. The van der Waals surface area contributed by atoms with Gasteiger partial charge in [-0.1, -0.05) is 51.0 Å². The molecule has 0 bridgehead atoms. The van der Waals surface area contributed by atoms with Crippen LogP contribution in [0.2, 0.25) is 0 Å². The van der Waals surface area contributed by atoms with Crippen molar-refractivity contribution in [1.82, 2.24) is 4.98 Å². The predicted octanol–water partition coefficient (Wildman–Crippen LogP) is 4.53. The van der Waals surface area contributed by atoms with Gasteiger partial charge in [-0.3, -0.25) is 4.98 Å². The van der Waals surface area contributed by atoms with Gasteiger partial charge in [-0.2, -0.15) is 0 Å². The minimum Gasteiger partial charge on any atom is -0.264 e. The summed E-state index contributed by atoms with van der Waals surface area (Å²) in [5.41, 5.74) is 1.39. The Balaban J connectivity index is 2.36. The number of hydrogen-bond acceptors (Lipinski definition) is 1. The van der Waals surface area contributed by atoms with Crippen molar-refractivity contribution in [2.45, 2.75) is 39.0 Å². The van der Waals surface area contributed by atoms with Crippen molar-refractivity contribution < 1.29 is 0 Å². The maximum absolute atomic E-state index is 4.34. The van der Waals surface area contributed by atoms with E-state index in [0.717, 1.165) is 0 Å². The smallest absolute Gasteiger partial charge is 0.0346 e. The first-order valence-corrected chi connectivity index (χ1v) is 6.15. The van der Waals surface area contributed by atoms with Gasteiger partial charge in [0.15, 0.2) is 0 Å². The van der Waals surface area contributed by atoms with Crippen molar-refractivity contribution in [3.05, 3.63) is 42.2 Å². The van der Waals surface area contributed by atoms with E-state index in [0.29, 0.717) is 5.92 Å². The van der Waals surface area contributed by atoms with E-state index in [4.69, 9.17) is 0 Å². The molecule has 0 aliphatic rings. The van der Waals surface area contributed by atoms with E-state index in [-0.39, 0.29) is 0 Å². The molecule has 0 aliphatic heterocycles. The van der Waals surface area contributed by atoms with Crippen LogP contribution in [-0.2, 0) is 0 Å². The average Bonchev–Trinajstić information content (AvgIpc) is 2.35. The van der Waals surface area contributed by atoms with Crippen LogP contribution in [0.3, 0.4) is 0 Å². The molecule has 1 aromatic carbocycles. The van der Waals surface area contributed by atoms with E-state index in [1.807, 2.05) is 12.4 Å². The third kappa shape index (κ3) is 2.24. The van der Waals surface area contributed by atoms with E-state index in [1.54, 1.807) is 0 Å². The van der Waals surface area contributed by atoms with E-state index in [2.05, 4.69) is 43.1 Å². The van der Waals surface area contributed by atoms with Crippen molar-refractivity contribution in [2.24, 2.45) is 0 Å². The minimum atomic E-state index is 0.610. The molecule has 0 aliphatic carbocycles. The Labute approximate surface area is 97.5 Å². The average molecular weight is 213 g/mol. The normalized spacial score (nSPS) is 12.9. The Morgan fingerprint density at radius 1 is 1.19 bits per heavy atom. The molecule has 0 saturated heterocycles. The quantitative estimate of drug-likeness (QED) is 0.727. The van der Waals surface area contributed by atoms with E-state index >= 15 is 0 Å². The summed E-state index contributed by atoms with van der Waals surface area (Å²) >= 11 is 0. The van der Waals surface area contributed by atoms with Crippen molar-refractivity contribution in [1.29, 1.82) is 0 Å². The van der Waals surface area contributed by atoms with E-state index in [1.165, 1.54) is 35.6 Å². The van der Waals surface area contributed by atoms with Gasteiger partial charge < -0.3 is 0 Å². The number of rotatable bonds is 4. The lowest BCUT2D eigenvalue weighted by Crippen LogP contribution is -1.95. The summed E-state index contributed by atoms with van der Waals surface area (Å²) in [5.74, 6) is 0.610. The molecular weight excluding hydrogens is 194 g/mol. The van der Waals surface area contributed by atoms with Gasteiger partial charge >= 0.3 is 0 Å². The lowest BCUT2D eigenvalue weighted by molar-refractivity contribution is 0.626. The Bertz CT molecular complexity index is 456. The lowest BCUT2D eigenvalue weighted by Gasteiger charge is -2.13. The molecule has 84 valence electrons. The third-order valence-corrected chi connectivity index (χ3v) is 3.22. The van der Waals surface area contributed by atoms with Gasteiger partial charge in [0.25, 0.3) is 0 Å². The fraction of sp³-hybridized carbons (Fsp3) is 0.400.